The van der Waals surface area contributed by atoms with Gasteiger partial charge in [-0.05, 0) is 51.0 Å². The summed E-state index contributed by atoms with van der Waals surface area (Å²) in [5, 5.41) is 16.3. The molecule has 0 atom stereocenters. The summed E-state index contributed by atoms with van der Waals surface area (Å²) in [5.41, 5.74) is 2.06. The summed E-state index contributed by atoms with van der Waals surface area (Å²) in [6, 6.07) is 10.2. The Morgan fingerprint density at radius 2 is 1.82 bits per heavy atom. The summed E-state index contributed by atoms with van der Waals surface area (Å²) in [6.45, 7) is 4.58. The van der Waals surface area contributed by atoms with Crippen molar-refractivity contribution in [3.8, 4) is 5.75 Å². The van der Waals surface area contributed by atoms with Crippen LogP contribution in [0.15, 0.2) is 36.4 Å². The van der Waals surface area contributed by atoms with Gasteiger partial charge in [0.2, 0.25) is 0 Å². The van der Waals surface area contributed by atoms with Crippen molar-refractivity contribution >= 4 is 41.0 Å². The molecule has 0 aliphatic rings. The predicted molar refractivity (Wildman–Crippen MR) is 127 cm³/mol. The number of pyridine rings is 1. The van der Waals surface area contributed by atoms with Crippen LogP contribution in [0, 0.1) is 10.1 Å². The smallest absolute Gasteiger partial charge is 0.469 e. The summed E-state index contributed by atoms with van der Waals surface area (Å²) >= 11 is 0. The van der Waals surface area contributed by atoms with Crippen LogP contribution in [0.3, 0.4) is 0 Å². The highest BCUT2D eigenvalue weighted by Crippen LogP contribution is 2.36. The average molecular weight is 477 g/mol. The van der Waals surface area contributed by atoms with Gasteiger partial charge in [0.05, 0.1) is 34.4 Å². The van der Waals surface area contributed by atoms with Crippen molar-refractivity contribution in [3.63, 3.8) is 0 Å². The van der Waals surface area contributed by atoms with E-state index in [0.29, 0.717) is 29.7 Å². The van der Waals surface area contributed by atoms with Gasteiger partial charge in [0.25, 0.3) is 5.69 Å². The Kier molecular flexibility index (Phi) is 8.20. The molecule has 3 rings (SSSR count). The highest BCUT2D eigenvalue weighted by molar-refractivity contribution is 7.46. The third kappa shape index (κ3) is 7.10. The Morgan fingerprint density at radius 3 is 2.52 bits per heavy atom. The van der Waals surface area contributed by atoms with E-state index in [-0.39, 0.29) is 18.4 Å². The van der Waals surface area contributed by atoms with E-state index in [2.05, 4.69) is 14.8 Å². The van der Waals surface area contributed by atoms with Crippen LogP contribution in [-0.4, -0.2) is 38.9 Å². The number of nitrogens with one attached hydrogen (secondary N) is 1. The number of nitro groups is 1. The second-order valence-electron chi connectivity index (χ2n) is 7.96. The van der Waals surface area contributed by atoms with Gasteiger partial charge in [-0.15, -0.1) is 0 Å². The molecule has 0 bridgehead atoms. The van der Waals surface area contributed by atoms with Gasteiger partial charge < -0.3 is 19.8 Å². The first-order valence-electron chi connectivity index (χ1n) is 10.8. The zero-order chi connectivity index (χ0) is 24.0. The fourth-order valence-corrected chi connectivity index (χ4v) is 3.91. The Labute approximate surface area is 191 Å². The standard InChI is InChI=1S/C22H28N3O7P/c1-15(2)32-17-8-10-20-19(14-17)22(18-9-7-16(25(26)27)13-21(18)24-20)23-11-5-3-4-6-12-31-33(28,29)30/h7-10,13-15H,3-6,11-12H2,1-2H3,(H,23,24)(H2,28,29,30). The number of benzene rings is 2. The monoisotopic (exact) mass is 477 g/mol. The number of unbranched alkanes of at least 4 members (excludes halogenated alkanes) is 3. The molecule has 3 N–H and O–H groups in total. The van der Waals surface area contributed by atoms with E-state index in [1.54, 1.807) is 6.07 Å². The minimum Gasteiger partial charge on any atom is -0.491 e. The quantitative estimate of drug-likeness (QED) is 0.106. The Bertz CT molecular complexity index is 1180. The number of aromatic nitrogens is 1. The van der Waals surface area contributed by atoms with Crippen LogP contribution in [-0.2, 0) is 9.09 Å². The molecule has 2 aromatic carbocycles. The van der Waals surface area contributed by atoms with Crippen molar-refractivity contribution < 1.29 is 28.5 Å². The number of hydrogen-bond donors (Lipinski definition) is 3. The van der Waals surface area contributed by atoms with Gasteiger partial charge in [0.15, 0.2) is 0 Å². The van der Waals surface area contributed by atoms with Crippen molar-refractivity contribution in [3.05, 3.63) is 46.5 Å². The second-order valence-corrected chi connectivity index (χ2v) is 9.20. The van der Waals surface area contributed by atoms with Crippen LogP contribution in [0.1, 0.15) is 39.5 Å². The van der Waals surface area contributed by atoms with Crippen LogP contribution in [0.25, 0.3) is 21.8 Å². The summed E-state index contributed by atoms with van der Waals surface area (Å²) in [5.74, 6) is 0.716. The molecule has 0 fully saturated rings. The summed E-state index contributed by atoms with van der Waals surface area (Å²) < 4.78 is 21.0. The molecule has 1 aromatic heterocycles. The van der Waals surface area contributed by atoms with E-state index < -0.39 is 12.7 Å². The maximum Gasteiger partial charge on any atom is 0.469 e. The molecule has 0 radical (unpaired) electrons. The number of ether oxygens (including phenoxy) is 1. The maximum absolute atomic E-state index is 11.2. The Hall–Kier alpha value is -2.78. The first-order valence-corrected chi connectivity index (χ1v) is 12.3. The minimum absolute atomic E-state index is 0.0161. The number of hydrogen-bond acceptors (Lipinski definition) is 7. The highest BCUT2D eigenvalue weighted by atomic mass is 31.2. The molecule has 0 saturated carbocycles. The van der Waals surface area contributed by atoms with Crippen LogP contribution < -0.4 is 10.1 Å². The van der Waals surface area contributed by atoms with E-state index in [0.717, 1.165) is 35.7 Å². The third-order valence-electron chi connectivity index (χ3n) is 4.94. The molecule has 33 heavy (non-hydrogen) atoms. The Balaban J connectivity index is 1.78. The molecule has 0 aliphatic heterocycles. The highest BCUT2D eigenvalue weighted by Gasteiger charge is 2.15. The topological polar surface area (TPSA) is 144 Å². The lowest BCUT2D eigenvalue weighted by Crippen LogP contribution is -2.06. The number of rotatable bonds is 12. The van der Waals surface area contributed by atoms with E-state index in [4.69, 9.17) is 14.5 Å². The number of nitro benzene ring substituents is 1. The lowest BCUT2D eigenvalue weighted by molar-refractivity contribution is -0.384. The molecule has 0 aliphatic carbocycles. The molecule has 1 heterocycles. The molecule has 178 valence electrons. The lowest BCUT2D eigenvalue weighted by Gasteiger charge is -2.15. The van der Waals surface area contributed by atoms with Gasteiger partial charge in [-0.1, -0.05) is 12.8 Å². The fraction of sp³-hybridized carbons (Fsp3) is 0.409. The van der Waals surface area contributed by atoms with Gasteiger partial charge in [-0.25, -0.2) is 9.55 Å². The molecule has 0 amide bonds. The van der Waals surface area contributed by atoms with Gasteiger partial charge in [0, 0.05) is 29.4 Å². The first-order chi connectivity index (χ1) is 15.6. The first kappa shape index (κ1) is 24.9. The summed E-state index contributed by atoms with van der Waals surface area (Å²) in [7, 11) is -4.41. The predicted octanol–water partition coefficient (Wildman–Crippen LogP) is 5.17. The molecular formula is C22H28N3O7P. The van der Waals surface area contributed by atoms with Gasteiger partial charge in [-0.3, -0.25) is 14.6 Å². The molecule has 11 heteroatoms. The average Bonchev–Trinajstić information content (AvgIpc) is 2.73. The molecule has 3 aromatic rings. The Morgan fingerprint density at radius 1 is 1.06 bits per heavy atom. The van der Waals surface area contributed by atoms with Gasteiger partial charge in [0.1, 0.15) is 5.75 Å². The van der Waals surface area contributed by atoms with Crippen molar-refractivity contribution in [2.45, 2.75) is 45.6 Å². The van der Waals surface area contributed by atoms with Crippen LogP contribution in [0.2, 0.25) is 0 Å². The van der Waals surface area contributed by atoms with E-state index in [1.165, 1.54) is 12.1 Å². The van der Waals surface area contributed by atoms with Gasteiger partial charge >= 0.3 is 7.82 Å². The number of anilines is 1. The second kappa shape index (κ2) is 10.9. The normalized spacial score (nSPS) is 11.9. The molecule has 0 spiro atoms. The third-order valence-corrected chi connectivity index (χ3v) is 5.46. The fourth-order valence-electron chi connectivity index (χ4n) is 3.54. The number of phosphoric acid groups is 1. The zero-order valence-electron chi connectivity index (χ0n) is 18.6. The number of nitrogens with zero attached hydrogens (tertiary/aromatic N) is 2. The summed E-state index contributed by atoms with van der Waals surface area (Å²) in [6.07, 6.45) is 3.04. The minimum atomic E-state index is -4.41. The van der Waals surface area contributed by atoms with Crippen molar-refractivity contribution in [1.82, 2.24) is 4.98 Å². The van der Waals surface area contributed by atoms with Gasteiger partial charge in [-0.2, -0.15) is 0 Å². The SMILES string of the molecule is CC(C)Oc1ccc2nc3cc([N+](=O)[O-])ccc3c(NCCCCCCOP(=O)(O)O)c2c1. The van der Waals surface area contributed by atoms with Crippen molar-refractivity contribution in [1.29, 1.82) is 0 Å². The van der Waals surface area contributed by atoms with E-state index in [9.17, 15) is 14.7 Å². The summed E-state index contributed by atoms with van der Waals surface area (Å²) in [4.78, 5) is 32.8. The maximum atomic E-state index is 11.2. The number of phosphoric ester groups is 1. The van der Waals surface area contributed by atoms with Crippen molar-refractivity contribution in [2.24, 2.45) is 0 Å². The largest absolute Gasteiger partial charge is 0.491 e. The zero-order valence-corrected chi connectivity index (χ0v) is 19.5. The number of non-ortho nitro benzene ring substituents is 1. The molecule has 0 unspecified atom stereocenters. The van der Waals surface area contributed by atoms with Crippen LogP contribution in [0.5, 0.6) is 5.75 Å². The van der Waals surface area contributed by atoms with Crippen molar-refractivity contribution in [2.75, 3.05) is 18.5 Å². The lowest BCUT2D eigenvalue weighted by atomic mass is 10.1. The number of fused-ring (bicyclic) bond motifs is 2. The molecule has 10 nitrogen and oxygen atoms in total. The van der Waals surface area contributed by atoms with Crippen LogP contribution in [0.4, 0.5) is 11.4 Å². The van der Waals surface area contributed by atoms with Crippen LogP contribution >= 0.6 is 7.82 Å². The van der Waals surface area contributed by atoms with E-state index >= 15 is 0 Å². The van der Waals surface area contributed by atoms with E-state index in [1.807, 2.05) is 32.0 Å². The molecular weight excluding hydrogens is 449 g/mol. The molecule has 0 saturated heterocycles.